The van der Waals surface area contributed by atoms with Gasteiger partial charge in [-0.15, -0.1) is 0 Å². The van der Waals surface area contributed by atoms with Crippen molar-refractivity contribution in [2.45, 2.75) is 118 Å². The van der Waals surface area contributed by atoms with Crippen molar-refractivity contribution in [2.24, 2.45) is 51.2 Å². The zero-order valence-electron chi connectivity index (χ0n) is 27.4. The number of allylic oxidation sites excluding steroid dienone is 1. The van der Waals surface area contributed by atoms with E-state index in [9.17, 15) is 9.59 Å². The molecule has 1 N–H and O–H groups in total. The molecule has 1 heterocycles. The van der Waals surface area contributed by atoms with Gasteiger partial charge in [0.2, 0.25) is 5.91 Å². The average molecular weight is 592 g/mol. The van der Waals surface area contributed by atoms with Crippen molar-refractivity contribution in [2.75, 3.05) is 6.54 Å². The number of hydrogen-bond donors (Lipinski definition) is 1. The molecule has 1 unspecified atom stereocenters. The van der Waals surface area contributed by atoms with E-state index >= 15 is 4.39 Å². The van der Waals surface area contributed by atoms with Gasteiger partial charge in [-0.2, -0.15) is 0 Å². The zero-order chi connectivity index (χ0) is 31.0. The molecule has 1 aromatic rings. The lowest BCUT2D eigenvalue weighted by Gasteiger charge is -2.73. The number of carbonyl (C=O) groups is 2. The van der Waals surface area contributed by atoms with Gasteiger partial charge in [0, 0.05) is 24.3 Å². The minimum absolute atomic E-state index is 0.0664. The van der Waals surface area contributed by atoms with Crippen LogP contribution >= 0.6 is 0 Å². The first-order valence-corrected chi connectivity index (χ1v) is 17.1. The number of esters is 1. The molecule has 4 aliphatic carbocycles. The largest absolute Gasteiger partial charge is 0.455 e. The number of alkyl halides is 1. The molecule has 43 heavy (non-hydrogen) atoms. The number of halogens is 1. The molecule has 11 atom stereocenters. The Morgan fingerprint density at radius 1 is 1.07 bits per heavy atom. The second-order valence-electron chi connectivity index (χ2n) is 16.2. The Balaban J connectivity index is 1.30. The third-order valence-corrected chi connectivity index (χ3v) is 14.7. The molecule has 2 bridgehead atoms. The molecule has 4 saturated carbocycles. The zero-order valence-corrected chi connectivity index (χ0v) is 27.4. The third-order valence-electron chi connectivity index (χ3n) is 14.7. The lowest BCUT2D eigenvalue weighted by Crippen LogP contribution is -2.75. The minimum atomic E-state index is -1.21. The minimum Gasteiger partial charge on any atom is -0.455 e. The fourth-order valence-electron chi connectivity index (χ4n) is 12.0. The van der Waals surface area contributed by atoms with Gasteiger partial charge in [-0.25, -0.2) is 4.39 Å². The maximum Gasteiger partial charge on any atom is 0.313 e. The van der Waals surface area contributed by atoms with Crippen molar-refractivity contribution in [3.63, 3.8) is 0 Å². The highest BCUT2D eigenvalue weighted by Crippen LogP contribution is 2.80. The summed E-state index contributed by atoms with van der Waals surface area (Å²) in [6, 6.07) is 10.2. The monoisotopic (exact) mass is 591 g/mol. The van der Waals surface area contributed by atoms with Crippen LogP contribution in [0.2, 0.25) is 0 Å². The molecule has 1 saturated heterocycles. The lowest BCUT2D eigenvalue weighted by molar-refractivity contribution is -0.297. The van der Waals surface area contributed by atoms with Crippen LogP contribution in [-0.4, -0.2) is 30.2 Å². The highest BCUT2D eigenvalue weighted by molar-refractivity contribution is 5.82. The molecule has 0 radical (unpaired) electrons. The Morgan fingerprint density at radius 2 is 1.79 bits per heavy atom. The first kappa shape index (κ1) is 30.8. The second-order valence-corrected chi connectivity index (χ2v) is 16.2. The molecule has 1 amide bonds. The number of benzene rings is 1. The summed E-state index contributed by atoms with van der Waals surface area (Å²) in [5, 5.41) is 3.15. The van der Waals surface area contributed by atoms with Crippen LogP contribution in [0, 0.1) is 51.2 Å². The van der Waals surface area contributed by atoms with E-state index in [-0.39, 0.29) is 46.4 Å². The van der Waals surface area contributed by atoms with Gasteiger partial charge in [0.1, 0.15) is 6.17 Å². The summed E-state index contributed by atoms with van der Waals surface area (Å²) in [4.78, 5) is 27.0. The number of fused-ring (bicyclic) bond motifs is 2. The number of ether oxygens (including phenoxy) is 1. The number of amides is 1. The van der Waals surface area contributed by atoms with Gasteiger partial charge in [0.25, 0.3) is 0 Å². The number of nitrogens with one attached hydrogen (secondary N) is 1. The van der Waals surface area contributed by atoms with E-state index in [1.165, 1.54) is 5.56 Å². The van der Waals surface area contributed by atoms with Crippen molar-refractivity contribution < 1.29 is 18.7 Å². The Hall–Kier alpha value is -2.17. The van der Waals surface area contributed by atoms with Gasteiger partial charge in [-0.05, 0) is 105 Å². The van der Waals surface area contributed by atoms with E-state index in [0.29, 0.717) is 31.7 Å². The fourth-order valence-corrected chi connectivity index (χ4v) is 12.0. The molecule has 5 aliphatic rings. The molecule has 4 nitrogen and oxygen atoms in total. The van der Waals surface area contributed by atoms with Gasteiger partial charge < -0.3 is 10.1 Å². The maximum atomic E-state index is 17.4. The van der Waals surface area contributed by atoms with E-state index in [4.69, 9.17) is 4.74 Å². The Morgan fingerprint density at radius 3 is 2.49 bits per heavy atom. The maximum absolute atomic E-state index is 17.4. The standard InChI is InChI=1S/C38H54FNO3/c1-24(2)28-14-18-35(6)29(34(28,5)17-15-31(41)40-22-16-27-11-9-8-10-12-27)23-30(39)38-32-26(4)25(3)13-19-37(32,33(42)43-38)21-20-36(35,38)7/h8-12,25-26,28-30,32H,1,13-23H2,2-7H3,(H,40,41)/t25-,26+,28+,29-,30-,32-,34+,35-,36+,37+,38?/m1/s1. The van der Waals surface area contributed by atoms with E-state index in [0.717, 1.165) is 50.5 Å². The SMILES string of the molecule is C=C(C)[C@@H]1CC[C@]2(C)[C@H](C[C@@H](F)C34OC(=O)[C@@]5(CC[C@@H](C)[C@H](C)[C@@H]35)CC[C@]42C)[C@@]1(C)CCC(=O)NCCc1ccccc1. The van der Waals surface area contributed by atoms with Crippen LogP contribution in [-0.2, 0) is 20.7 Å². The van der Waals surface area contributed by atoms with Crippen LogP contribution in [0.15, 0.2) is 42.5 Å². The van der Waals surface area contributed by atoms with Gasteiger partial charge in [0.05, 0.1) is 5.41 Å². The quantitative estimate of drug-likeness (QED) is 0.257. The van der Waals surface area contributed by atoms with Gasteiger partial charge >= 0.3 is 5.97 Å². The molecule has 236 valence electrons. The van der Waals surface area contributed by atoms with Crippen LogP contribution in [0.3, 0.4) is 0 Å². The normalized spacial score (nSPS) is 46.6. The first-order chi connectivity index (χ1) is 20.3. The Labute approximate surface area is 259 Å². The predicted molar refractivity (Wildman–Crippen MR) is 169 cm³/mol. The van der Waals surface area contributed by atoms with E-state index in [1.807, 2.05) is 18.2 Å². The van der Waals surface area contributed by atoms with E-state index < -0.39 is 22.6 Å². The van der Waals surface area contributed by atoms with Crippen LogP contribution in [0.5, 0.6) is 0 Å². The molecular formula is C38H54FNO3. The summed E-state index contributed by atoms with van der Waals surface area (Å²) < 4.78 is 24.0. The molecule has 6 rings (SSSR count). The molecule has 1 spiro atoms. The summed E-state index contributed by atoms with van der Waals surface area (Å²) in [7, 11) is 0. The summed E-state index contributed by atoms with van der Waals surface area (Å²) in [6.07, 6.45) is 6.57. The van der Waals surface area contributed by atoms with Crippen molar-refractivity contribution in [1.29, 1.82) is 0 Å². The lowest BCUT2D eigenvalue weighted by atomic mass is 9.31. The van der Waals surface area contributed by atoms with Crippen molar-refractivity contribution >= 4 is 11.9 Å². The van der Waals surface area contributed by atoms with Crippen molar-refractivity contribution in [3.05, 3.63) is 48.0 Å². The van der Waals surface area contributed by atoms with E-state index in [2.05, 4.69) is 65.6 Å². The van der Waals surface area contributed by atoms with Crippen LogP contribution in [0.4, 0.5) is 4.39 Å². The summed E-state index contributed by atoms with van der Waals surface area (Å²) in [5.74, 6) is 0.887. The molecule has 1 aromatic carbocycles. The van der Waals surface area contributed by atoms with Crippen molar-refractivity contribution in [1.82, 2.24) is 5.32 Å². The fraction of sp³-hybridized carbons (Fsp3) is 0.737. The van der Waals surface area contributed by atoms with Crippen LogP contribution in [0.25, 0.3) is 0 Å². The molecule has 0 aromatic heterocycles. The molecule has 1 aliphatic heterocycles. The summed E-state index contributed by atoms with van der Waals surface area (Å²) >= 11 is 0. The number of hydrogen-bond acceptors (Lipinski definition) is 3. The predicted octanol–water partition coefficient (Wildman–Crippen LogP) is 8.25. The highest BCUT2D eigenvalue weighted by atomic mass is 19.1. The highest BCUT2D eigenvalue weighted by Gasteiger charge is 2.83. The topological polar surface area (TPSA) is 55.4 Å². The number of rotatable bonds is 7. The molecule has 5 heteroatoms. The second kappa shape index (κ2) is 10.4. The smallest absolute Gasteiger partial charge is 0.313 e. The molecular weight excluding hydrogens is 537 g/mol. The van der Waals surface area contributed by atoms with Gasteiger partial charge in [0.15, 0.2) is 5.60 Å². The van der Waals surface area contributed by atoms with Gasteiger partial charge in [-0.3, -0.25) is 9.59 Å². The summed E-state index contributed by atoms with van der Waals surface area (Å²) in [6.45, 7) is 18.7. The van der Waals surface area contributed by atoms with E-state index in [1.54, 1.807) is 0 Å². The van der Waals surface area contributed by atoms with Crippen molar-refractivity contribution in [3.8, 4) is 0 Å². The number of carbonyl (C=O) groups excluding carboxylic acids is 2. The summed E-state index contributed by atoms with van der Waals surface area (Å²) in [5.41, 5.74) is -0.177. The Bertz CT molecular complexity index is 1280. The van der Waals surface area contributed by atoms with Crippen LogP contribution in [0.1, 0.15) is 105 Å². The average Bonchev–Trinajstić information content (AvgIpc) is 3.19. The first-order valence-electron chi connectivity index (χ1n) is 17.1. The van der Waals surface area contributed by atoms with Gasteiger partial charge in [-0.1, -0.05) is 77.1 Å². The van der Waals surface area contributed by atoms with Crippen LogP contribution < -0.4 is 5.32 Å². The third kappa shape index (κ3) is 4.11. The Kier molecular flexibility index (Phi) is 7.49. The molecule has 5 fully saturated rings.